The first-order valence-corrected chi connectivity index (χ1v) is 8.36. The third-order valence-corrected chi connectivity index (χ3v) is 4.08. The van der Waals surface area contributed by atoms with Crippen LogP contribution in [0.15, 0.2) is 18.2 Å². The Morgan fingerprint density at radius 2 is 1.90 bits per heavy atom. The molecule has 1 aromatic carbocycles. The Kier molecular flexibility index (Phi) is 5.66. The van der Waals surface area contributed by atoms with Gasteiger partial charge in [0.05, 0.1) is 11.0 Å². The van der Waals surface area contributed by atoms with E-state index in [0.717, 1.165) is 30.1 Å². The van der Waals surface area contributed by atoms with Gasteiger partial charge in [0.25, 0.3) is 0 Å². The van der Waals surface area contributed by atoms with Gasteiger partial charge in [0.2, 0.25) is 0 Å². The van der Waals surface area contributed by atoms with Gasteiger partial charge >= 0.3 is 0 Å². The van der Waals surface area contributed by atoms with Crippen LogP contribution >= 0.6 is 0 Å². The minimum Gasteiger partial charge on any atom is -0.399 e. The molecule has 0 fully saturated rings. The fourth-order valence-electron chi connectivity index (χ4n) is 2.89. The highest BCUT2D eigenvalue weighted by Gasteiger charge is 2.09. The molecule has 0 unspecified atom stereocenters. The van der Waals surface area contributed by atoms with E-state index in [0.29, 0.717) is 0 Å². The van der Waals surface area contributed by atoms with E-state index < -0.39 is 0 Å². The van der Waals surface area contributed by atoms with Crippen LogP contribution in [0.1, 0.15) is 58.7 Å². The maximum atomic E-state index is 5.85. The number of hydrogen-bond donors (Lipinski definition) is 1. The van der Waals surface area contributed by atoms with Gasteiger partial charge in [-0.05, 0) is 30.5 Å². The molecule has 0 amide bonds. The van der Waals surface area contributed by atoms with Gasteiger partial charge in [-0.25, -0.2) is 4.98 Å². The molecule has 3 heteroatoms. The summed E-state index contributed by atoms with van der Waals surface area (Å²) in [7, 11) is 0. The zero-order valence-corrected chi connectivity index (χ0v) is 13.7. The largest absolute Gasteiger partial charge is 0.399 e. The fraction of sp³-hybridized carbons (Fsp3) is 0.611. The van der Waals surface area contributed by atoms with Gasteiger partial charge in [-0.15, -0.1) is 0 Å². The Morgan fingerprint density at radius 3 is 2.62 bits per heavy atom. The summed E-state index contributed by atoms with van der Waals surface area (Å²) in [6.45, 7) is 7.85. The molecule has 0 aliphatic carbocycles. The monoisotopic (exact) mass is 287 g/mol. The van der Waals surface area contributed by atoms with E-state index >= 15 is 0 Å². The number of imidazole rings is 1. The SMILES string of the molecule is CCc1nc2cc(N)ccc2n1CCCCCCC(C)C. The van der Waals surface area contributed by atoms with E-state index in [1.54, 1.807) is 0 Å². The standard InChI is InChI=1S/C18H29N3/c1-4-18-20-16-13-15(19)10-11-17(16)21(18)12-8-6-5-7-9-14(2)3/h10-11,13-14H,4-9,12,19H2,1-3H3. The summed E-state index contributed by atoms with van der Waals surface area (Å²) in [5.41, 5.74) is 8.91. The van der Waals surface area contributed by atoms with Crippen molar-refractivity contribution in [3.05, 3.63) is 24.0 Å². The molecule has 2 aromatic rings. The van der Waals surface area contributed by atoms with Gasteiger partial charge in [0, 0.05) is 18.7 Å². The smallest absolute Gasteiger partial charge is 0.109 e. The van der Waals surface area contributed by atoms with E-state index in [-0.39, 0.29) is 0 Å². The van der Waals surface area contributed by atoms with E-state index in [9.17, 15) is 0 Å². The average Bonchev–Trinajstić information content (AvgIpc) is 2.79. The predicted molar refractivity (Wildman–Crippen MR) is 91.4 cm³/mol. The summed E-state index contributed by atoms with van der Waals surface area (Å²) in [6.07, 6.45) is 7.58. The third kappa shape index (κ3) is 4.23. The van der Waals surface area contributed by atoms with Crippen molar-refractivity contribution in [2.24, 2.45) is 5.92 Å². The Hall–Kier alpha value is -1.51. The van der Waals surface area contributed by atoms with Gasteiger partial charge in [0.15, 0.2) is 0 Å². The molecule has 1 heterocycles. The second kappa shape index (κ2) is 7.48. The Labute approximate surface area is 128 Å². The van der Waals surface area contributed by atoms with Gasteiger partial charge in [-0.3, -0.25) is 0 Å². The number of unbranched alkanes of at least 4 members (excludes halogenated alkanes) is 3. The highest BCUT2D eigenvalue weighted by atomic mass is 15.1. The topological polar surface area (TPSA) is 43.8 Å². The number of aryl methyl sites for hydroxylation is 2. The molecule has 21 heavy (non-hydrogen) atoms. The van der Waals surface area contributed by atoms with Crippen LogP contribution in [0, 0.1) is 5.92 Å². The quantitative estimate of drug-likeness (QED) is 0.560. The van der Waals surface area contributed by atoms with Gasteiger partial charge < -0.3 is 10.3 Å². The number of nitrogens with two attached hydrogens (primary N) is 1. The molecule has 3 nitrogen and oxygen atoms in total. The maximum Gasteiger partial charge on any atom is 0.109 e. The van der Waals surface area contributed by atoms with Gasteiger partial charge in [-0.1, -0.05) is 46.5 Å². The molecule has 0 aliphatic rings. The molecule has 116 valence electrons. The first kappa shape index (κ1) is 15.9. The zero-order valence-electron chi connectivity index (χ0n) is 13.7. The lowest BCUT2D eigenvalue weighted by Gasteiger charge is -2.09. The number of hydrogen-bond acceptors (Lipinski definition) is 2. The second-order valence-corrected chi connectivity index (χ2v) is 6.38. The van der Waals surface area contributed by atoms with Crippen LogP contribution in [0.25, 0.3) is 11.0 Å². The first-order valence-electron chi connectivity index (χ1n) is 8.36. The van der Waals surface area contributed by atoms with Crippen molar-refractivity contribution in [2.45, 2.75) is 65.8 Å². The Morgan fingerprint density at radius 1 is 1.14 bits per heavy atom. The van der Waals surface area contributed by atoms with Crippen LogP contribution in [0.2, 0.25) is 0 Å². The van der Waals surface area contributed by atoms with Crippen LogP contribution in [-0.2, 0) is 13.0 Å². The highest BCUT2D eigenvalue weighted by Crippen LogP contribution is 2.20. The number of anilines is 1. The van der Waals surface area contributed by atoms with E-state index in [4.69, 9.17) is 10.7 Å². The number of benzene rings is 1. The maximum absolute atomic E-state index is 5.85. The average molecular weight is 287 g/mol. The van der Waals surface area contributed by atoms with E-state index in [1.807, 2.05) is 12.1 Å². The van der Waals surface area contributed by atoms with Crippen molar-refractivity contribution in [1.82, 2.24) is 9.55 Å². The summed E-state index contributed by atoms with van der Waals surface area (Å²) < 4.78 is 2.37. The van der Waals surface area contributed by atoms with Crippen LogP contribution in [0.5, 0.6) is 0 Å². The molecule has 0 aliphatic heterocycles. The molecule has 0 saturated carbocycles. The summed E-state index contributed by atoms with van der Waals surface area (Å²) in [4.78, 5) is 4.71. The summed E-state index contributed by atoms with van der Waals surface area (Å²) in [6, 6.07) is 6.06. The van der Waals surface area contributed by atoms with Crippen LogP contribution in [0.4, 0.5) is 5.69 Å². The van der Waals surface area contributed by atoms with Crippen molar-refractivity contribution < 1.29 is 0 Å². The van der Waals surface area contributed by atoms with Crippen molar-refractivity contribution in [2.75, 3.05) is 5.73 Å². The van der Waals surface area contributed by atoms with Crippen molar-refractivity contribution in [3.63, 3.8) is 0 Å². The number of rotatable bonds is 8. The predicted octanol–water partition coefficient (Wildman–Crippen LogP) is 4.79. The van der Waals surface area contributed by atoms with Crippen LogP contribution in [-0.4, -0.2) is 9.55 Å². The molecular formula is C18H29N3. The Bertz CT molecular complexity index is 569. The minimum absolute atomic E-state index is 0.795. The molecule has 0 saturated heterocycles. The van der Waals surface area contributed by atoms with Gasteiger partial charge in [-0.2, -0.15) is 0 Å². The first-order chi connectivity index (χ1) is 10.1. The van der Waals surface area contributed by atoms with E-state index in [2.05, 4.69) is 31.4 Å². The van der Waals surface area contributed by atoms with Crippen molar-refractivity contribution in [1.29, 1.82) is 0 Å². The van der Waals surface area contributed by atoms with Crippen LogP contribution in [0.3, 0.4) is 0 Å². The number of aromatic nitrogens is 2. The molecule has 0 bridgehead atoms. The normalized spacial score (nSPS) is 11.6. The minimum atomic E-state index is 0.795. The van der Waals surface area contributed by atoms with Crippen LogP contribution < -0.4 is 5.73 Å². The highest BCUT2D eigenvalue weighted by molar-refractivity contribution is 5.79. The molecule has 1 aromatic heterocycles. The van der Waals surface area contributed by atoms with Gasteiger partial charge in [0.1, 0.15) is 5.82 Å². The number of fused-ring (bicyclic) bond motifs is 1. The second-order valence-electron chi connectivity index (χ2n) is 6.38. The summed E-state index contributed by atoms with van der Waals surface area (Å²) >= 11 is 0. The lowest BCUT2D eigenvalue weighted by Crippen LogP contribution is -2.03. The van der Waals surface area contributed by atoms with Crippen molar-refractivity contribution in [3.8, 4) is 0 Å². The third-order valence-electron chi connectivity index (χ3n) is 4.08. The zero-order chi connectivity index (χ0) is 15.2. The lowest BCUT2D eigenvalue weighted by molar-refractivity contribution is 0.505. The molecular weight excluding hydrogens is 258 g/mol. The van der Waals surface area contributed by atoms with Crippen molar-refractivity contribution >= 4 is 16.7 Å². The number of nitrogen functional groups attached to an aromatic ring is 1. The lowest BCUT2D eigenvalue weighted by atomic mass is 10.0. The Balaban J connectivity index is 1.94. The fourth-order valence-corrected chi connectivity index (χ4v) is 2.89. The molecule has 2 N–H and O–H groups in total. The molecule has 0 atom stereocenters. The molecule has 0 spiro atoms. The molecule has 0 radical (unpaired) electrons. The summed E-state index contributed by atoms with van der Waals surface area (Å²) in [5, 5.41) is 0. The summed E-state index contributed by atoms with van der Waals surface area (Å²) in [5.74, 6) is 2.01. The van der Waals surface area contributed by atoms with E-state index in [1.165, 1.54) is 43.4 Å². The molecule has 2 rings (SSSR count). The number of nitrogens with zero attached hydrogens (tertiary/aromatic N) is 2.